The summed E-state index contributed by atoms with van der Waals surface area (Å²) in [6.07, 6.45) is 4.33. The van der Waals surface area contributed by atoms with Crippen molar-refractivity contribution >= 4 is 22.4 Å². The predicted octanol–water partition coefficient (Wildman–Crippen LogP) is 5.05. The van der Waals surface area contributed by atoms with Crippen LogP contribution in [-0.4, -0.2) is 15.9 Å². The van der Waals surface area contributed by atoms with Crippen molar-refractivity contribution in [3.63, 3.8) is 0 Å². The molecule has 0 aliphatic rings. The average molecular weight is 371 g/mol. The second-order valence-corrected chi connectivity index (χ2v) is 6.95. The molecule has 0 bridgehead atoms. The second-order valence-electron chi connectivity index (χ2n) is 6.09. The highest BCUT2D eigenvalue weighted by Crippen LogP contribution is 2.24. The lowest BCUT2D eigenvalue weighted by molar-refractivity contribution is 0.102. The standard InChI is InChI=1S/C22H17N3OS/c26-21(25-22-24-20(15-27-22)19-7-4-12-23-14-19)18-10-8-17(9-11-18)13-16-5-2-1-3-6-16/h1-12,14-15H,13H2,(H,24,25,26). The van der Waals surface area contributed by atoms with E-state index in [9.17, 15) is 4.79 Å². The molecule has 0 spiro atoms. The molecule has 0 atom stereocenters. The van der Waals surface area contributed by atoms with Gasteiger partial charge in [-0.1, -0.05) is 42.5 Å². The summed E-state index contributed by atoms with van der Waals surface area (Å²) < 4.78 is 0. The zero-order valence-electron chi connectivity index (χ0n) is 14.5. The number of thiazole rings is 1. The van der Waals surface area contributed by atoms with E-state index in [1.807, 2.05) is 60.0 Å². The molecule has 4 aromatic rings. The van der Waals surface area contributed by atoms with Crippen LogP contribution >= 0.6 is 11.3 Å². The molecule has 0 fully saturated rings. The lowest BCUT2D eigenvalue weighted by atomic mass is 10.0. The minimum absolute atomic E-state index is 0.159. The topological polar surface area (TPSA) is 54.9 Å². The van der Waals surface area contributed by atoms with E-state index in [0.717, 1.165) is 17.7 Å². The van der Waals surface area contributed by atoms with Crippen LogP contribution in [0, 0.1) is 0 Å². The van der Waals surface area contributed by atoms with Crippen LogP contribution in [0.2, 0.25) is 0 Å². The maximum atomic E-state index is 12.5. The van der Waals surface area contributed by atoms with Gasteiger partial charge < -0.3 is 0 Å². The summed E-state index contributed by atoms with van der Waals surface area (Å²) in [6.45, 7) is 0. The molecule has 4 rings (SSSR count). The molecule has 1 N–H and O–H groups in total. The second kappa shape index (κ2) is 7.93. The van der Waals surface area contributed by atoms with Gasteiger partial charge in [0, 0.05) is 28.9 Å². The van der Waals surface area contributed by atoms with Gasteiger partial charge in [-0.25, -0.2) is 4.98 Å². The molecular weight excluding hydrogens is 354 g/mol. The Balaban J connectivity index is 1.42. The number of pyridine rings is 1. The molecule has 0 unspecified atom stereocenters. The van der Waals surface area contributed by atoms with Crippen molar-refractivity contribution in [1.82, 2.24) is 9.97 Å². The summed E-state index contributed by atoms with van der Waals surface area (Å²) in [4.78, 5) is 21.0. The van der Waals surface area contributed by atoms with Crippen LogP contribution in [0.15, 0.2) is 84.5 Å². The Kier molecular flexibility index (Phi) is 5.03. The van der Waals surface area contributed by atoms with Crippen molar-refractivity contribution in [2.45, 2.75) is 6.42 Å². The summed E-state index contributed by atoms with van der Waals surface area (Å²) in [5.74, 6) is -0.159. The summed E-state index contributed by atoms with van der Waals surface area (Å²) >= 11 is 1.40. The predicted molar refractivity (Wildman–Crippen MR) is 109 cm³/mol. The quantitative estimate of drug-likeness (QED) is 0.534. The number of anilines is 1. The lowest BCUT2D eigenvalue weighted by Crippen LogP contribution is -2.11. The summed E-state index contributed by atoms with van der Waals surface area (Å²) in [7, 11) is 0. The van der Waals surface area contributed by atoms with E-state index < -0.39 is 0 Å². The third-order valence-corrected chi connectivity index (χ3v) is 4.91. The Morgan fingerprint density at radius 3 is 2.44 bits per heavy atom. The number of hydrogen-bond donors (Lipinski definition) is 1. The van der Waals surface area contributed by atoms with E-state index in [2.05, 4.69) is 27.4 Å². The third kappa shape index (κ3) is 4.27. The summed E-state index contributed by atoms with van der Waals surface area (Å²) in [5, 5.41) is 5.35. The van der Waals surface area contributed by atoms with Gasteiger partial charge in [-0.2, -0.15) is 0 Å². The highest BCUT2D eigenvalue weighted by Gasteiger charge is 2.10. The van der Waals surface area contributed by atoms with E-state index in [1.54, 1.807) is 12.4 Å². The molecule has 0 aliphatic carbocycles. The van der Waals surface area contributed by atoms with Gasteiger partial charge in [-0.3, -0.25) is 15.1 Å². The molecule has 2 heterocycles. The van der Waals surface area contributed by atoms with Crippen LogP contribution < -0.4 is 5.32 Å². The molecule has 0 saturated heterocycles. The Morgan fingerprint density at radius 2 is 1.70 bits per heavy atom. The van der Waals surface area contributed by atoms with Gasteiger partial charge in [0.25, 0.3) is 5.91 Å². The zero-order chi connectivity index (χ0) is 18.5. The zero-order valence-corrected chi connectivity index (χ0v) is 15.3. The van der Waals surface area contributed by atoms with Gasteiger partial charge >= 0.3 is 0 Å². The van der Waals surface area contributed by atoms with Crippen molar-refractivity contribution in [2.24, 2.45) is 0 Å². The fourth-order valence-electron chi connectivity index (χ4n) is 2.75. The van der Waals surface area contributed by atoms with Crippen molar-refractivity contribution in [2.75, 3.05) is 5.32 Å². The van der Waals surface area contributed by atoms with Gasteiger partial charge in [-0.05, 0) is 41.8 Å². The smallest absolute Gasteiger partial charge is 0.257 e. The van der Waals surface area contributed by atoms with Gasteiger partial charge in [0.15, 0.2) is 5.13 Å². The number of nitrogens with one attached hydrogen (secondary N) is 1. The first-order chi connectivity index (χ1) is 13.3. The molecule has 4 nitrogen and oxygen atoms in total. The number of benzene rings is 2. The van der Waals surface area contributed by atoms with Crippen molar-refractivity contribution in [3.05, 3.63) is 101 Å². The fraction of sp³-hybridized carbons (Fsp3) is 0.0455. The first-order valence-corrected chi connectivity index (χ1v) is 9.46. The molecule has 5 heteroatoms. The SMILES string of the molecule is O=C(Nc1nc(-c2cccnc2)cs1)c1ccc(Cc2ccccc2)cc1. The molecule has 27 heavy (non-hydrogen) atoms. The summed E-state index contributed by atoms with van der Waals surface area (Å²) in [6, 6.07) is 21.8. The van der Waals surface area contributed by atoms with E-state index in [4.69, 9.17) is 0 Å². The highest BCUT2D eigenvalue weighted by molar-refractivity contribution is 7.14. The number of hydrogen-bond acceptors (Lipinski definition) is 4. The Hall–Kier alpha value is -3.31. The fourth-order valence-corrected chi connectivity index (χ4v) is 3.47. The Bertz CT molecular complexity index is 1030. The third-order valence-electron chi connectivity index (χ3n) is 4.15. The maximum Gasteiger partial charge on any atom is 0.257 e. The highest BCUT2D eigenvalue weighted by atomic mass is 32.1. The molecule has 2 aromatic heterocycles. The Labute approximate surface area is 161 Å². The lowest BCUT2D eigenvalue weighted by Gasteiger charge is -2.05. The number of carbonyl (C=O) groups excluding carboxylic acids is 1. The maximum absolute atomic E-state index is 12.5. The van der Waals surface area contributed by atoms with Gasteiger partial charge in [0.2, 0.25) is 0 Å². The average Bonchev–Trinajstić information content (AvgIpc) is 3.18. The largest absolute Gasteiger partial charge is 0.298 e. The van der Waals surface area contributed by atoms with Crippen LogP contribution in [0.4, 0.5) is 5.13 Å². The normalized spacial score (nSPS) is 10.5. The van der Waals surface area contributed by atoms with Crippen molar-refractivity contribution < 1.29 is 4.79 Å². The minimum atomic E-state index is -0.159. The molecule has 0 saturated carbocycles. The number of aromatic nitrogens is 2. The molecule has 0 aliphatic heterocycles. The van der Waals surface area contributed by atoms with Crippen molar-refractivity contribution in [3.8, 4) is 11.3 Å². The summed E-state index contributed by atoms with van der Waals surface area (Å²) in [5.41, 5.74) is 4.78. The van der Waals surface area contributed by atoms with Gasteiger partial charge in [0.05, 0.1) is 5.69 Å². The molecule has 0 radical (unpaired) electrons. The first kappa shape index (κ1) is 17.1. The molecular formula is C22H17N3OS. The minimum Gasteiger partial charge on any atom is -0.298 e. The first-order valence-electron chi connectivity index (χ1n) is 8.58. The number of nitrogens with zero attached hydrogens (tertiary/aromatic N) is 2. The number of carbonyl (C=O) groups is 1. The number of amides is 1. The van der Waals surface area contributed by atoms with Gasteiger partial charge in [-0.15, -0.1) is 11.3 Å². The monoisotopic (exact) mass is 371 g/mol. The van der Waals surface area contributed by atoms with Crippen LogP contribution in [0.1, 0.15) is 21.5 Å². The molecule has 132 valence electrons. The van der Waals surface area contributed by atoms with E-state index >= 15 is 0 Å². The number of rotatable bonds is 5. The van der Waals surface area contributed by atoms with E-state index in [-0.39, 0.29) is 5.91 Å². The van der Waals surface area contributed by atoms with E-state index in [0.29, 0.717) is 10.7 Å². The van der Waals surface area contributed by atoms with Crippen LogP contribution in [0.25, 0.3) is 11.3 Å². The van der Waals surface area contributed by atoms with Crippen LogP contribution in [0.5, 0.6) is 0 Å². The van der Waals surface area contributed by atoms with Crippen LogP contribution in [-0.2, 0) is 6.42 Å². The Morgan fingerprint density at radius 1 is 0.926 bits per heavy atom. The van der Waals surface area contributed by atoms with Crippen molar-refractivity contribution in [1.29, 1.82) is 0 Å². The molecule has 2 aromatic carbocycles. The molecule has 1 amide bonds. The van der Waals surface area contributed by atoms with Crippen LogP contribution in [0.3, 0.4) is 0 Å². The van der Waals surface area contributed by atoms with E-state index in [1.165, 1.54) is 22.5 Å². The van der Waals surface area contributed by atoms with Gasteiger partial charge in [0.1, 0.15) is 0 Å².